The molecule has 0 radical (unpaired) electrons. The van der Waals surface area contributed by atoms with Crippen molar-refractivity contribution in [3.8, 4) is 28.6 Å². The lowest BCUT2D eigenvalue weighted by Crippen LogP contribution is -2.09. The summed E-state index contributed by atoms with van der Waals surface area (Å²) in [5.41, 5.74) is 2.81. The van der Waals surface area contributed by atoms with Crippen LogP contribution in [0.25, 0.3) is 22.3 Å². The number of fused-ring (bicyclic) bond motifs is 1. The van der Waals surface area contributed by atoms with E-state index in [-0.39, 0.29) is 39.9 Å². The van der Waals surface area contributed by atoms with Crippen molar-refractivity contribution in [2.75, 3.05) is 0 Å². The van der Waals surface area contributed by atoms with Gasteiger partial charge in [0.05, 0.1) is 0 Å². The molecule has 30 heavy (non-hydrogen) atoms. The normalized spacial score (nSPS) is 12.1. The Hall–Kier alpha value is -3.47. The van der Waals surface area contributed by atoms with Gasteiger partial charge >= 0.3 is 0 Å². The number of benzene rings is 2. The van der Waals surface area contributed by atoms with Gasteiger partial charge in [0.2, 0.25) is 0 Å². The third kappa shape index (κ3) is 4.40. The van der Waals surface area contributed by atoms with E-state index >= 15 is 0 Å². The molecule has 1 heterocycles. The fourth-order valence-corrected chi connectivity index (χ4v) is 3.51. The second-order valence-corrected chi connectivity index (χ2v) is 7.86. The molecule has 1 aromatic heterocycles. The second-order valence-electron chi connectivity index (χ2n) is 7.86. The molecular weight excluding hydrogens is 380 g/mol. The first-order chi connectivity index (χ1) is 14.2. The van der Waals surface area contributed by atoms with Crippen LogP contribution in [-0.2, 0) is 6.42 Å². The van der Waals surface area contributed by atoms with E-state index in [1.807, 2.05) is 13.8 Å². The summed E-state index contributed by atoms with van der Waals surface area (Å²) < 4.78 is 6.02. The third-order valence-corrected chi connectivity index (χ3v) is 5.28. The summed E-state index contributed by atoms with van der Waals surface area (Å²) >= 11 is 0. The highest BCUT2D eigenvalue weighted by Crippen LogP contribution is 2.38. The molecule has 3 N–H and O–H groups in total. The van der Waals surface area contributed by atoms with Gasteiger partial charge in [-0.1, -0.05) is 17.7 Å². The first-order valence-corrected chi connectivity index (χ1v) is 9.78. The van der Waals surface area contributed by atoms with Gasteiger partial charge in [-0.05, 0) is 63.3 Å². The highest BCUT2D eigenvalue weighted by atomic mass is 16.3. The highest BCUT2D eigenvalue weighted by Gasteiger charge is 2.21. The van der Waals surface area contributed by atoms with E-state index in [9.17, 15) is 20.1 Å². The van der Waals surface area contributed by atoms with Crippen molar-refractivity contribution < 1.29 is 19.7 Å². The Kier molecular flexibility index (Phi) is 6.01. The van der Waals surface area contributed by atoms with Gasteiger partial charge in [-0.3, -0.25) is 4.79 Å². The summed E-state index contributed by atoms with van der Waals surface area (Å²) in [5.74, 6) is -0.0335. The van der Waals surface area contributed by atoms with Crippen LogP contribution in [0.2, 0.25) is 0 Å². The Morgan fingerprint density at radius 1 is 1.03 bits per heavy atom. The average Bonchev–Trinajstić information content (AvgIpc) is 2.66. The average molecular weight is 406 g/mol. The predicted octanol–water partition coefficient (Wildman–Crippen LogP) is 5.67. The summed E-state index contributed by atoms with van der Waals surface area (Å²) in [6.07, 6.45) is 2.03. The topological polar surface area (TPSA) is 90.9 Å². The summed E-state index contributed by atoms with van der Waals surface area (Å²) in [6, 6.07) is 8.73. The highest BCUT2D eigenvalue weighted by molar-refractivity contribution is 5.89. The molecule has 0 spiro atoms. The number of phenols is 3. The van der Waals surface area contributed by atoms with Crippen molar-refractivity contribution in [1.29, 1.82) is 0 Å². The van der Waals surface area contributed by atoms with E-state index in [4.69, 9.17) is 4.42 Å². The van der Waals surface area contributed by atoms with E-state index < -0.39 is 5.43 Å². The monoisotopic (exact) mass is 406 g/mol. The zero-order valence-corrected chi connectivity index (χ0v) is 17.2. The number of allylic oxidation sites excluding steroid dienone is 2. The molecule has 0 fully saturated rings. The van der Waals surface area contributed by atoms with Crippen molar-refractivity contribution in [1.82, 2.24) is 0 Å². The van der Waals surface area contributed by atoms with Gasteiger partial charge in [0.15, 0.2) is 5.43 Å². The largest absolute Gasteiger partial charge is 0.508 e. The summed E-state index contributed by atoms with van der Waals surface area (Å²) in [7, 11) is 0. The minimum absolute atomic E-state index is 0.0331. The molecule has 156 valence electrons. The number of hydrogen-bond acceptors (Lipinski definition) is 5. The molecule has 1 atom stereocenters. The molecule has 3 aromatic rings. The van der Waals surface area contributed by atoms with Gasteiger partial charge in [-0.25, -0.2) is 0 Å². The smallest absolute Gasteiger partial charge is 0.197 e. The van der Waals surface area contributed by atoms with Gasteiger partial charge in [-0.15, -0.1) is 6.58 Å². The maximum absolute atomic E-state index is 12.8. The van der Waals surface area contributed by atoms with Crippen molar-refractivity contribution >= 4 is 11.0 Å². The van der Waals surface area contributed by atoms with Crippen molar-refractivity contribution in [2.45, 2.75) is 33.1 Å². The van der Waals surface area contributed by atoms with Crippen molar-refractivity contribution in [3.63, 3.8) is 0 Å². The van der Waals surface area contributed by atoms with Crippen LogP contribution >= 0.6 is 0 Å². The Balaban J connectivity index is 2.17. The van der Waals surface area contributed by atoms with Gasteiger partial charge < -0.3 is 19.7 Å². The maximum atomic E-state index is 12.8. The van der Waals surface area contributed by atoms with Crippen molar-refractivity contribution in [3.05, 3.63) is 76.5 Å². The number of phenolic OH excluding ortho intramolecular Hbond substituents is 3. The molecule has 0 saturated carbocycles. The molecule has 0 unspecified atom stereocenters. The van der Waals surface area contributed by atoms with Crippen LogP contribution in [0.1, 0.15) is 32.3 Å². The number of aromatic hydroxyl groups is 3. The standard InChI is InChI=1S/C25H26O5/c1-14(2)5-6-17(15(3)4)11-19-20(27)12-21(28)24-22(29)13-23(30-25(19)24)16-7-9-18(26)10-8-16/h7-10,12-13,17,26-28H,1,3,5-6,11H2,2,4H3/t17-/m1/s1. The Morgan fingerprint density at radius 3 is 2.30 bits per heavy atom. The van der Waals surface area contributed by atoms with Crippen LogP contribution in [0.15, 0.2) is 69.9 Å². The van der Waals surface area contributed by atoms with Crippen LogP contribution in [0.5, 0.6) is 17.2 Å². The molecule has 0 amide bonds. The summed E-state index contributed by atoms with van der Waals surface area (Å²) in [6.45, 7) is 11.9. The first-order valence-electron chi connectivity index (χ1n) is 9.78. The Labute approximate surface area is 175 Å². The molecule has 5 heteroatoms. The van der Waals surface area contributed by atoms with E-state index in [2.05, 4.69) is 13.2 Å². The molecule has 0 aliphatic rings. The van der Waals surface area contributed by atoms with Crippen molar-refractivity contribution in [2.24, 2.45) is 5.92 Å². The van der Waals surface area contributed by atoms with Gasteiger partial charge in [0.1, 0.15) is 34.0 Å². The quantitative estimate of drug-likeness (QED) is 0.440. The number of hydrogen-bond donors (Lipinski definition) is 3. The molecule has 0 aliphatic carbocycles. The lowest BCUT2D eigenvalue weighted by molar-refractivity contribution is 0.440. The molecule has 0 saturated heterocycles. The van der Waals surface area contributed by atoms with E-state index in [1.54, 1.807) is 12.1 Å². The summed E-state index contributed by atoms with van der Waals surface area (Å²) in [4.78, 5) is 12.8. The maximum Gasteiger partial charge on any atom is 0.197 e. The van der Waals surface area contributed by atoms with Crippen LogP contribution in [-0.4, -0.2) is 15.3 Å². The minimum atomic E-state index is -0.410. The first kappa shape index (κ1) is 21.2. The zero-order valence-electron chi connectivity index (χ0n) is 17.2. The van der Waals surface area contributed by atoms with Gasteiger partial charge in [0.25, 0.3) is 0 Å². The van der Waals surface area contributed by atoms with Crippen LogP contribution in [0.3, 0.4) is 0 Å². The summed E-state index contributed by atoms with van der Waals surface area (Å²) in [5, 5.41) is 30.4. The molecule has 3 rings (SSSR count). The molecule has 5 nitrogen and oxygen atoms in total. The zero-order chi connectivity index (χ0) is 22.0. The Morgan fingerprint density at radius 2 is 1.70 bits per heavy atom. The van der Waals surface area contributed by atoms with E-state index in [1.165, 1.54) is 24.3 Å². The fraction of sp³-hybridized carbons (Fsp3) is 0.240. The second kappa shape index (κ2) is 8.49. The molecular formula is C25H26O5. The van der Waals surface area contributed by atoms with E-state index in [0.29, 0.717) is 17.5 Å². The van der Waals surface area contributed by atoms with Crippen LogP contribution in [0.4, 0.5) is 0 Å². The Bertz CT molecular complexity index is 1170. The minimum Gasteiger partial charge on any atom is -0.508 e. The van der Waals surface area contributed by atoms with Gasteiger partial charge in [0, 0.05) is 23.3 Å². The lowest BCUT2D eigenvalue weighted by atomic mass is 9.87. The van der Waals surface area contributed by atoms with Crippen LogP contribution in [0, 0.1) is 5.92 Å². The van der Waals surface area contributed by atoms with Crippen LogP contribution < -0.4 is 5.43 Å². The van der Waals surface area contributed by atoms with E-state index in [0.717, 1.165) is 24.0 Å². The van der Waals surface area contributed by atoms with Gasteiger partial charge in [-0.2, -0.15) is 0 Å². The SMILES string of the molecule is C=C(C)CC[C@H](Cc1c(O)cc(O)c2c(=O)cc(-c3ccc(O)cc3)oc12)C(=C)C. The lowest BCUT2D eigenvalue weighted by Gasteiger charge is -2.19. The molecule has 0 aliphatic heterocycles. The molecule has 0 bridgehead atoms. The third-order valence-electron chi connectivity index (χ3n) is 5.28. The molecule has 2 aromatic carbocycles. The fourth-order valence-electron chi connectivity index (χ4n) is 3.51. The predicted molar refractivity (Wildman–Crippen MR) is 119 cm³/mol. The number of rotatable bonds is 7.